The zero-order valence-electron chi connectivity index (χ0n) is 27.3. The van der Waals surface area contributed by atoms with Crippen molar-refractivity contribution in [1.29, 1.82) is 0 Å². The highest BCUT2D eigenvalue weighted by Gasteiger charge is 2.71. The molecule has 1 aromatic rings. The predicted molar refractivity (Wildman–Crippen MR) is 170 cm³/mol. The number of fused-ring (bicyclic) bond motifs is 6. The number of hydrogen-bond acceptors (Lipinski definition) is 4. The van der Waals surface area contributed by atoms with Gasteiger partial charge in [0.25, 0.3) is 0 Å². The average molecular weight is 659 g/mol. The van der Waals surface area contributed by atoms with Crippen LogP contribution >= 0.6 is 0 Å². The lowest BCUT2D eigenvalue weighted by atomic mass is 9.50. The summed E-state index contributed by atoms with van der Waals surface area (Å²) in [6, 6.07) is 5.85. The first-order valence-corrected chi connectivity index (χ1v) is 18.9. The van der Waals surface area contributed by atoms with E-state index < -0.39 is 29.1 Å². The van der Waals surface area contributed by atoms with Gasteiger partial charge in [0.2, 0.25) is 0 Å². The Bertz CT molecular complexity index is 1180. The number of phenolic OH excluding ortho intramolecular Hbond substituents is 1. The number of alkyl halides is 4. The van der Waals surface area contributed by atoms with E-state index in [9.17, 15) is 32.0 Å². The zero-order valence-corrected chi connectivity index (χ0v) is 28.2. The fourth-order valence-corrected chi connectivity index (χ4v) is 11.1. The fourth-order valence-electron chi connectivity index (χ4n) is 9.95. The van der Waals surface area contributed by atoms with Crippen molar-refractivity contribution in [3.8, 4) is 5.75 Å². The van der Waals surface area contributed by atoms with Gasteiger partial charge in [0.1, 0.15) is 5.75 Å². The maximum Gasteiger partial charge on any atom is 0.309 e. The lowest BCUT2D eigenvalue weighted by molar-refractivity contribution is -0.200. The summed E-state index contributed by atoms with van der Waals surface area (Å²) in [6.45, 7) is 2.69. The summed E-state index contributed by atoms with van der Waals surface area (Å²) < 4.78 is 71.0. The van der Waals surface area contributed by atoms with Crippen molar-refractivity contribution < 1.29 is 36.7 Å². The van der Waals surface area contributed by atoms with E-state index in [4.69, 9.17) is 4.74 Å². The molecule has 4 aliphatic rings. The van der Waals surface area contributed by atoms with Crippen LogP contribution in [-0.2, 0) is 15.5 Å². The van der Waals surface area contributed by atoms with Gasteiger partial charge in [0.05, 0.1) is 12.2 Å². The average Bonchev–Trinajstić information content (AvgIpc) is 3.76. The molecule has 0 aromatic heterocycles. The molecule has 0 heterocycles. The van der Waals surface area contributed by atoms with E-state index in [1.807, 2.05) is 12.1 Å². The smallest absolute Gasteiger partial charge is 0.309 e. The molecular weight excluding hydrogens is 604 g/mol. The highest BCUT2D eigenvalue weighted by molar-refractivity contribution is 7.84. The molecule has 256 valence electrons. The standard InChI is InChI=1S/C36H54F4O4S/c1-33-17-15-26-25-14-13-24(41)22-28(25)32(44-3)27(31(26)29(33)23-30(42)35(33)18-19-35)12-9-7-5-4-6-8-10-20-45(43)21-11-16-36(39,40)34(2,37)38/h13-14,22,26-27,29-32,41-42H,4-12,15-21,23H2,1-3H3/t26?,27-,29?,30+,31?,32+,33-,45?/m0/s1. The van der Waals surface area contributed by atoms with Gasteiger partial charge in [-0.15, -0.1) is 0 Å². The molecule has 8 atom stereocenters. The summed E-state index contributed by atoms with van der Waals surface area (Å²) >= 11 is 0. The molecule has 3 fully saturated rings. The number of ether oxygens (including phenoxy) is 1. The molecule has 4 unspecified atom stereocenters. The van der Waals surface area contributed by atoms with Crippen molar-refractivity contribution in [2.45, 2.75) is 140 Å². The van der Waals surface area contributed by atoms with Crippen LogP contribution in [0.4, 0.5) is 17.6 Å². The van der Waals surface area contributed by atoms with E-state index in [0.29, 0.717) is 29.4 Å². The largest absolute Gasteiger partial charge is 0.508 e. The molecule has 4 aliphatic carbocycles. The van der Waals surface area contributed by atoms with Gasteiger partial charge < -0.3 is 14.9 Å². The summed E-state index contributed by atoms with van der Waals surface area (Å²) in [5.41, 5.74) is 2.76. The number of phenols is 1. The maximum atomic E-state index is 13.4. The van der Waals surface area contributed by atoms with Crippen LogP contribution in [0.15, 0.2) is 18.2 Å². The number of hydrogen-bond donors (Lipinski definition) is 2. The molecule has 0 bridgehead atoms. The first-order valence-electron chi connectivity index (χ1n) is 17.4. The number of methoxy groups -OCH3 is 1. The van der Waals surface area contributed by atoms with E-state index in [0.717, 1.165) is 89.0 Å². The first-order chi connectivity index (χ1) is 21.3. The first kappa shape index (κ1) is 35.1. The van der Waals surface area contributed by atoms with Gasteiger partial charge in [-0.1, -0.05) is 51.5 Å². The minimum atomic E-state index is -4.05. The second kappa shape index (κ2) is 13.7. The number of rotatable bonds is 16. The molecule has 4 nitrogen and oxygen atoms in total. The summed E-state index contributed by atoms with van der Waals surface area (Å²) in [6.07, 6.45) is 12.3. The van der Waals surface area contributed by atoms with E-state index in [1.165, 1.54) is 5.56 Å². The Balaban J connectivity index is 1.09. The second-order valence-corrected chi connectivity index (χ2v) is 16.8. The Hall–Kier alpha value is -1.19. The third-order valence-corrected chi connectivity index (χ3v) is 14.1. The zero-order chi connectivity index (χ0) is 32.6. The molecular formula is C36H54F4O4S. The van der Waals surface area contributed by atoms with Crippen molar-refractivity contribution in [3.63, 3.8) is 0 Å². The molecule has 1 spiro atoms. The van der Waals surface area contributed by atoms with Gasteiger partial charge in [0, 0.05) is 48.2 Å². The van der Waals surface area contributed by atoms with E-state index in [1.54, 1.807) is 7.11 Å². The van der Waals surface area contributed by atoms with Gasteiger partial charge in [0.15, 0.2) is 0 Å². The highest BCUT2D eigenvalue weighted by atomic mass is 32.2. The molecule has 0 aliphatic heterocycles. The molecule has 1 aromatic carbocycles. The molecule has 45 heavy (non-hydrogen) atoms. The number of unbranched alkanes of at least 4 members (excludes halogenated alkanes) is 6. The van der Waals surface area contributed by atoms with E-state index >= 15 is 0 Å². The van der Waals surface area contributed by atoms with E-state index in [2.05, 4.69) is 13.0 Å². The summed E-state index contributed by atoms with van der Waals surface area (Å²) in [5, 5.41) is 21.7. The molecule has 5 rings (SSSR count). The van der Waals surface area contributed by atoms with Crippen LogP contribution < -0.4 is 0 Å². The topological polar surface area (TPSA) is 66.8 Å². The van der Waals surface area contributed by atoms with Crippen molar-refractivity contribution in [2.24, 2.45) is 28.6 Å². The Labute approximate surface area is 269 Å². The van der Waals surface area contributed by atoms with Crippen LogP contribution in [0.1, 0.15) is 133 Å². The number of aromatic hydroxyl groups is 1. The molecule has 0 amide bonds. The Morgan fingerprint density at radius 1 is 0.956 bits per heavy atom. The van der Waals surface area contributed by atoms with Crippen LogP contribution in [0.2, 0.25) is 0 Å². The summed E-state index contributed by atoms with van der Waals surface area (Å²) in [5.74, 6) is -5.62. The van der Waals surface area contributed by atoms with Gasteiger partial charge in [-0.3, -0.25) is 4.21 Å². The van der Waals surface area contributed by atoms with Crippen molar-refractivity contribution in [3.05, 3.63) is 29.3 Å². The Kier molecular flexibility index (Phi) is 10.7. The van der Waals surface area contributed by atoms with Crippen LogP contribution in [0.3, 0.4) is 0 Å². The lowest BCUT2D eigenvalue weighted by Crippen LogP contribution is -2.48. The summed E-state index contributed by atoms with van der Waals surface area (Å²) in [4.78, 5) is 0. The molecule has 2 N–H and O–H groups in total. The third kappa shape index (κ3) is 6.88. The highest BCUT2D eigenvalue weighted by Crippen LogP contribution is 2.77. The second-order valence-electron chi connectivity index (χ2n) is 15.1. The number of aliphatic hydroxyl groups excluding tert-OH is 1. The minimum Gasteiger partial charge on any atom is -0.508 e. The van der Waals surface area contributed by atoms with Crippen LogP contribution in [-0.4, -0.2) is 51.0 Å². The predicted octanol–water partition coefficient (Wildman–Crippen LogP) is 9.31. The van der Waals surface area contributed by atoms with Crippen LogP contribution in [0, 0.1) is 28.6 Å². The number of benzene rings is 1. The Morgan fingerprint density at radius 2 is 1.60 bits per heavy atom. The lowest BCUT2D eigenvalue weighted by Gasteiger charge is -2.55. The molecule has 0 radical (unpaired) electrons. The Morgan fingerprint density at radius 3 is 2.24 bits per heavy atom. The van der Waals surface area contributed by atoms with Gasteiger partial charge in [-0.05, 0) is 104 Å². The molecule has 9 heteroatoms. The SMILES string of the molecule is CO[C@H]1c2cc(O)ccc2C2CC[C@@]3(C)C(C[C@@H](O)C34CC4)C2[C@@H]1CCCCCCCCCS(=O)CCCC(F)(F)C(C)(F)F. The van der Waals surface area contributed by atoms with Gasteiger partial charge in [-0.2, -0.15) is 8.78 Å². The maximum absolute atomic E-state index is 13.4. The normalized spacial score (nSPS) is 32.6. The van der Waals surface area contributed by atoms with E-state index in [-0.39, 0.29) is 47.9 Å². The summed E-state index contributed by atoms with van der Waals surface area (Å²) in [7, 11) is 0.547. The van der Waals surface area contributed by atoms with Crippen molar-refractivity contribution in [2.75, 3.05) is 18.6 Å². The molecule has 0 saturated heterocycles. The van der Waals surface area contributed by atoms with Gasteiger partial charge >= 0.3 is 11.8 Å². The third-order valence-electron chi connectivity index (χ3n) is 12.6. The number of aliphatic hydroxyl groups is 1. The monoisotopic (exact) mass is 658 g/mol. The van der Waals surface area contributed by atoms with Crippen LogP contribution in [0.5, 0.6) is 5.75 Å². The number of halogens is 4. The molecule has 3 saturated carbocycles. The van der Waals surface area contributed by atoms with Gasteiger partial charge in [-0.25, -0.2) is 8.78 Å². The van der Waals surface area contributed by atoms with Crippen molar-refractivity contribution >= 4 is 10.8 Å². The minimum absolute atomic E-state index is 0.0429. The quantitative estimate of drug-likeness (QED) is 0.137. The van der Waals surface area contributed by atoms with Crippen LogP contribution in [0.25, 0.3) is 0 Å². The fraction of sp³-hybridized carbons (Fsp3) is 0.833. The van der Waals surface area contributed by atoms with Crippen molar-refractivity contribution in [1.82, 2.24) is 0 Å².